The molecule has 1 amide bonds. The molecule has 202 valence electrons. The molecule has 1 aromatic heterocycles. The summed E-state index contributed by atoms with van der Waals surface area (Å²) in [6, 6.07) is 2.59. The summed E-state index contributed by atoms with van der Waals surface area (Å²) in [6.45, 7) is 2.06. The molecule has 1 saturated carbocycles. The van der Waals surface area contributed by atoms with Crippen molar-refractivity contribution in [2.75, 3.05) is 25.5 Å². The maximum atomic E-state index is 14.7. The van der Waals surface area contributed by atoms with Crippen molar-refractivity contribution in [3.63, 3.8) is 0 Å². The quantitative estimate of drug-likeness (QED) is 0.489. The number of pyridine rings is 1. The number of alkyl halides is 5. The lowest BCUT2D eigenvalue weighted by molar-refractivity contribution is 0.0648. The van der Waals surface area contributed by atoms with Gasteiger partial charge in [-0.05, 0) is 33.2 Å². The van der Waals surface area contributed by atoms with E-state index in [2.05, 4.69) is 10.6 Å². The Morgan fingerprint density at radius 3 is 2.43 bits per heavy atom. The molecule has 37 heavy (non-hydrogen) atoms. The fraction of sp³-hybridized carbons (Fsp3) is 0.520. The Labute approximate surface area is 209 Å². The van der Waals surface area contributed by atoms with E-state index in [9.17, 15) is 35.9 Å². The summed E-state index contributed by atoms with van der Waals surface area (Å²) in [5, 5.41) is 5.38. The van der Waals surface area contributed by atoms with E-state index in [1.807, 2.05) is 0 Å². The molecule has 2 N–H and O–H groups in total. The van der Waals surface area contributed by atoms with Crippen molar-refractivity contribution in [2.24, 2.45) is 0 Å². The molecule has 1 aliphatic carbocycles. The zero-order chi connectivity index (χ0) is 27.1. The minimum Gasteiger partial charge on any atom is -0.378 e. The van der Waals surface area contributed by atoms with E-state index in [1.54, 1.807) is 11.9 Å². The highest BCUT2D eigenvalue weighted by Crippen LogP contribution is 2.48. The second-order valence-electron chi connectivity index (χ2n) is 9.78. The Kier molecular flexibility index (Phi) is 7.59. The lowest BCUT2D eigenvalue weighted by Gasteiger charge is -2.33. The molecular weight excluding hydrogens is 502 g/mol. The fourth-order valence-corrected chi connectivity index (χ4v) is 4.72. The van der Waals surface area contributed by atoms with Gasteiger partial charge in [0.05, 0.1) is 28.9 Å². The molecule has 2 aliphatic rings. The molecule has 4 rings (SSSR count). The molecule has 0 unspecified atom stereocenters. The highest BCUT2D eigenvalue weighted by Gasteiger charge is 2.53. The average Bonchev–Trinajstić information content (AvgIpc) is 3.63. The summed E-state index contributed by atoms with van der Waals surface area (Å²) in [7, 11) is 1.76. The first-order valence-corrected chi connectivity index (χ1v) is 12.0. The molecule has 2 fully saturated rings. The van der Waals surface area contributed by atoms with Gasteiger partial charge in [-0.3, -0.25) is 9.59 Å². The molecule has 0 radical (unpaired) electrons. The average molecular weight is 531 g/mol. The van der Waals surface area contributed by atoms with Crippen LogP contribution in [0.3, 0.4) is 0 Å². The fourth-order valence-electron chi connectivity index (χ4n) is 4.72. The number of nitrogens with zero attached hydrogens (tertiary/aromatic N) is 2. The first kappa shape index (κ1) is 27.0. The van der Waals surface area contributed by atoms with Gasteiger partial charge in [0, 0.05) is 30.9 Å². The van der Waals surface area contributed by atoms with E-state index in [1.165, 1.54) is 19.1 Å². The Balaban J connectivity index is 1.68. The first-order valence-electron chi connectivity index (χ1n) is 12.0. The molecule has 1 aromatic carbocycles. The molecule has 2 heterocycles. The van der Waals surface area contributed by atoms with Crippen molar-refractivity contribution < 1.29 is 31.1 Å². The number of anilines is 1. The van der Waals surface area contributed by atoms with Crippen LogP contribution in [0.25, 0.3) is 0 Å². The van der Waals surface area contributed by atoms with Gasteiger partial charge in [-0.15, -0.1) is 0 Å². The van der Waals surface area contributed by atoms with Crippen LogP contribution in [0.4, 0.5) is 32.0 Å². The van der Waals surface area contributed by atoms with Crippen LogP contribution in [-0.2, 0) is 5.54 Å². The summed E-state index contributed by atoms with van der Waals surface area (Å²) in [4.78, 5) is 27.9. The van der Waals surface area contributed by atoms with Crippen molar-refractivity contribution in [1.82, 2.24) is 14.8 Å². The van der Waals surface area contributed by atoms with Crippen LogP contribution in [0.1, 0.15) is 60.1 Å². The molecule has 1 aliphatic heterocycles. The maximum Gasteiger partial charge on any atom is 0.266 e. The van der Waals surface area contributed by atoms with Gasteiger partial charge in [0.15, 0.2) is 0 Å². The lowest BCUT2D eigenvalue weighted by Crippen LogP contribution is -2.47. The minimum absolute atomic E-state index is 0.0436. The number of hydrogen-bond acceptors (Lipinski definition) is 4. The summed E-state index contributed by atoms with van der Waals surface area (Å²) < 4.78 is 84.0. The van der Waals surface area contributed by atoms with Gasteiger partial charge in [-0.2, -0.15) is 0 Å². The standard InChI is InChI=1S/C25H28F6N4O2/c1-13(14-4-3-5-15(21(14)27)22(28)29)32-23(37)16-11-35(25(7-8-25)24(30)31)20(36)10-19(16)33-18-6-9-34(2)12-17(18)26/h3-5,10-11,13,17-18,22,24,33H,6-9,12H2,1-2H3,(H,32,37)/t13-,17+,18+/m1/s1. The second kappa shape index (κ2) is 10.4. The molecule has 0 bridgehead atoms. The van der Waals surface area contributed by atoms with Gasteiger partial charge >= 0.3 is 0 Å². The van der Waals surface area contributed by atoms with E-state index in [0.717, 1.165) is 22.9 Å². The number of halogens is 6. The number of carbonyl (C=O) groups excluding carboxylic acids is 1. The van der Waals surface area contributed by atoms with Crippen LogP contribution in [0.2, 0.25) is 0 Å². The van der Waals surface area contributed by atoms with E-state index in [-0.39, 0.29) is 36.2 Å². The smallest absolute Gasteiger partial charge is 0.266 e. The number of hydrogen-bond donors (Lipinski definition) is 2. The molecular formula is C25H28F6N4O2. The highest BCUT2D eigenvalue weighted by atomic mass is 19.3. The van der Waals surface area contributed by atoms with Crippen LogP contribution in [-0.4, -0.2) is 54.2 Å². The van der Waals surface area contributed by atoms with Crippen LogP contribution in [0.5, 0.6) is 0 Å². The van der Waals surface area contributed by atoms with Gasteiger partial charge < -0.3 is 20.1 Å². The number of nitrogens with one attached hydrogen (secondary N) is 2. The van der Waals surface area contributed by atoms with E-state index in [0.29, 0.717) is 13.0 Å². The number of piperidine rings is 1. The SMILES string of the molecule is C[C@@H](NC(=O)c1cn(C2(C(F)F)CC2)c(=O)cc1N[C@H]1CCN(C)C[C@@H]1F)c1cccc(C(F)F)c1F. The number of amides is 1. The minimum atomic E-state index is -3.06. The Hall–Kier alpha value is -3.02. The number of rotatable bonds is 8. The molecule has 6 nitrogen and oxygen atoms in total. The van der Waals surface area contributed by atoms with Crippen molar-refractivity contribution in [3.8, 4) is 0 Å². The summed E-state index contributed by atoms with van der Waals surface area (Å²) in [6.07, 6.45) is -5.77. The lowest BCUT2D eigenvalue weighted by atomic mass is 10.0. The topological polar surface area (TPSA) is 66.4 Å². The summed E-state index contributed by atoms with van der Waals surface area (Å²) in [5.74, 6) is -2.03. The number of benzene rings is 1. The van der Waals surface area contributed by atoms with E-state index >= 15 is 0 Å². The largest absolute Gasteiger partial charge is 0.378 e. The predicted octanol–water partition coefficient (Wildman–Crippen LogP) is 4.62. The van der Waals surface area contributed by atoms with E-state index in [4.69, 9.17) is 0 Å². The zero-order valence-corrected chi connectivity index (χ0v) is 20.3. The Bertz CT molecular complexity index is 1220. The summed E-state index contributed by atoms with van der Waals surface area (Å²) >= 11 is 0. The zero-order valence-electron chi connectivity index (χ0n) is 20.3. The Morgan fingerprint density at radius 2 is 1.84 bits per heavy atom. The van der Waals surface area contributed by atoms with Gasteiger partial charge in [0.25, 0.3) is 24.3 Å². The predicted molar refractivity (Wildman–Crippen MR) is 126 cm³/mol. The maximum absolute atomic E-state index is 14.7. The first-order chi connectivity index (χ1) is 17.4. The molecule has 3 atom stereocenters. The molecule has 1 saturated heterocycles. The highest BCUT2D eigenvalue weighted by molar-refractivity contribution is 5.99. The van der Waals surface area contributed by atoms with Gasteiger partial charge in [-0.1, -0.05) is 18.2 Å². The molecule has 0 spiro atoms. The summed E-state index contributed by atoms with van der Waals surface area (Å²) in [5.41, 5.74) is -3.78. The van der Waals surface area contributed by atoms with Gasteiger partial charge in [-0.25, -0.2) is 26.3 Å². The van der Waals surface area contributed by atoms with E-state index < -0.39 is 59.5 Å². The van der Waals surface area contributed by atoms with Crippen molar-refractivity contribution in [2.45, 2.75) is 62.8 Å². The number of aromatic nitrogens is 1. The number of likely N-dealkylation sites (tertiary alicyclic amines) is 1. The van der Waals surface area contributed by atoms with Crippen molar-refractivity contribution in [1.29, 1.82) is 0 Å². The van der Waals surface area contributed by atoms with Crippen molar-refractivity contribution >= 4 is 11.6 Å². The Morgan fingerprint density at radius 1 is 1.16 bits per heavy atom. The van der Waals surface area contributed by atoms with Crippen LogP contribution in [0.15, 0.2) is 35.3 Å². The molecule has 12 heteroatoms. The van der Waals surface area contributed by atoms with Crippen LogP contribution >= 0.6 is 0 Å². The third-order valence-electron chi connectivity index (χ3n) is 7.14. The third kappa shape index (κ3) is 5.34. The van der Waals surface area contributed by atoms with Gasteiger partial charge in [0.1, 0.15) is 17.5 Å². The third-order valence-corrected chi connectivity index (χ3v) is 7.14. The monoisotopic (exact) mass is 530 g/mol. The van der Waals surface area contributed by atoms with Crippen LogP contribution < -0.4 is 16.2 Å². The molecule has 2 aromatic rings. The van der Waals surface area contributed by atoms with Gasteiger partial charge in [0.2, 0.25) is 0 Å². The normalized spacial score (nSPS) is 22.2. The van der Waals surface area contributed by atoms with Crippen molar-refractivity contribution in [3.05, 3.63) is 63.3 Å². The van der Waals surface area contributed by atoms with Crippen LogP contribution in [0, 0.1) is 5.82 Å². The second-order valence-corrected chi connectivity index (χ2v) is 9.78. The number of carbonyl (C=O) groups is 1.